The lowest BCUT2D eigenvalue weighted by molar-refractivity contribution is 0.554. The number of aryl methyl sites for hydroxylation is 2. The van der Waals surface area contributed by atoms with Gasteiger partial charge in [0.15, 0.2) is 5.82 Å². The second-order valence-corrected chi connectivity index (χ2v) is 4.24. The van der Waals surface area contributed by atoms with E-state index in [2.05, 4.69) is 36.2 Å². The summed E-state index contributed by atoms with van der Waals surface area (Å²) in [7, 11) is 0. The van der Waals surface area contributed by atoms with E-state index in [-0.39, 0.29) is 0 Å². The molecule has 2 aromatic heterocycles. The SMILES string of the molecule is CCCn1nncc1-n1nc(CC)c(N)c1CC. The van der Waals surface area contributed by atoms with Crippen molar-refractivity contribution in [3.63, 3.8) is 0 Å². The Labute approximate surface area is 107 Å². The zero-order chi connectivity index (χ0) is 13.1. The molecular formula is C12H20N6. The van der Waals surface area contributed by atoms with E-state index in [0.29, 0.717) is 0 Å². The Balaban J connectivity index is 2.52. The van der Waals surface area contributed by atoms with Gasteiger partial charge in [0.1, 0.15) is 0 Å². The van der Waals surface area contributed by atoms with Crippen molar-refractivity contribution in [2.45, 2.75) is 46.6 Å². The summed E-state index contributed by atoms with van der Waals surface area (Å²) in [6.07, 6.45) is 4.42. The summed E-state index contributed by atoms with van der Waals surface area (Å²) in [4.78, 5) is 0. The molecule has 2 aromatic rings. The maximum Gasteiger partial charge on any atom is 0.172 e. The topological polar surface area (TPSA) is 74.5 Å². The van der Waals surface area contributed by atoms with Gasteiger partial charge >= 0.3 is 0 Å². The van der Waals surface area contributed by atoms with Gasteiger partial charge in [-0.1, -0.05) is 26.0 Å². The van der Waals surface area contributed by atoms with Crippen molar-refractivity contribution < 1.29 is 0 Å². The standard InChI is InChI=1S/C12H20N6/c1-4-7-17-11(8-14-16-17)18-10(6-3)12(13)9(5-2)15-18/h8H,4-7,13H2,1-3H3. The Kier molecular flexibility index (Phi) is 3.64. The Bertz CT molecular complexity index is 525. The minimum Gasteiger partial charge on any atom is -0.396 e. The molecule has 0 atom stereocenters. The molecule has 0 amide bonds. The van der Waals surface area contributed by atoms with E-state index in [4.69, 9.17) is 5.73 Å². The normalized spacial score (nSPS) is 11.1. The molecule has 6 nitrogen and oxygen atoms in total. The highest BCUT2D eigenvalue weighted by Crippen LogP contribution is 2.21. The van der Waals surface area contributed by atoms with Crippen LogP contribution in [0.25, 0.3) is 5.82 Å². The Morgan fingerprint density at radius 1 is 1.22 bits per heavy atom. The van der Waals surface area contributed by atoms with Gasteiger partial charge < -0.3 is 5.73 Å². The zero-order valence-electron chi connectivity index (χ0n) is 11.2. The maximum atomic E-state index is 6.12. The molecule has 0 aromatic carbocycles. The van der Waals surface area contributed by atoms with Crippen molar-refractivity contribution in [2.24, 2.45) is 0 Å². The van der Waals surface area contributed by atoms with E-state index < -0.39 is 0 Å². The minimum atomic E-state index is 0.796. The molecule has 0 aliphatic carbocycles. The Morgan fingerprint density at radius 3 is 2.61 bits per heavy atom. The van der Waals surface area contributed by atoms with Crippen LogP contribution in [0.5, 0.6) is 0 Å². The molecule has 0 aliphatic heterocycles. The summed E-state index contributed by atoms with van der Waals surface area (Å²) in [5, 5.41) is 12.6. The second-order valence-electron chi connectivity index (χ2n) is 4.24. The van der Waals surface area contributed by atoms with Gasteiger partial charge in [0.25, 0.3) is 0 Å². The van der Waals surface area contributed by atoms with E-state index in [1.165, 1.54) is 0 Å². The highest BCUT2D eigenvalue weighted by molar-refractivity contribution is 5.50. The molecule has 0 unspecified atom stereocenters. The third kappa shape index (κ3) is 1.98. The van der Waals surface area contributed by atoms with Gasteiger partial charge in [-0.2, -0.15) is 5.10 Å². The van der Waals surface area contributed by atoms with Crippen LogP contribution in [0.1, 0.15) is 38.6 Å². The van der Waals surface area contributed by atoms with Gasteiger partial charge in [0.05, 0.1) is 23.3 Å². The molecule has 6 heteroatoms. The first-order valence-corrected chi connectivity index (χ1v) is 6.47. The third-order valence-electron chi connectivity index (χ3n) is 3.02. The molecule has 98 valence electrons. The Morgan fingerprint density at radius 2 is 2.00 bits per heavy atom. The molecule has 2 N–H and O–H groups in total. The lowest BCUT2D eigenvalue weighted by Gasteiger charge is -2.07. The number of hydrogen-bond acceptors (Lipinski definition) is 4. The van der Waals surface area contributed by atoms with Crippen LogP contribution >= 0.6 is 0 Å². The molecule has 0 fully saturated rings. The van der Waals surface area contributed by atoms with Crippen LogP contribution in [-0.2, 0) is 19.4 Å². The number of nitrogens with zero attached hydrogens (tertiary/aromatic N) is 5. The van der Waals surface area contributed by atoms with Crippen LogP contribution in [0, 0.1) is 0 Å². The zero-order valence-corrected chi connectivity index (χ0v) is 11.2. The van der Waals surface area contributed by atoms with E-state index in [0.717, 1.165) is 48.7 Å². The number of rotatable bonds is 5. The second kappa shape index (κ2) is 5.20. The summed E-state index contributed by atoms with van der Waals surface area (Å²) in [5.41, 5.74) is 8.89. The molecule has 0 saturated heterocycles. The van der Waals surface area contributed by atoms with Crippen LogP contribution in [0.3, 0.4) is 0 Å². The van der Waals surface area contributed by atoms with Crippen LogP contribution in [-0.4, -0.2) is 24.8 Å². The van der Waals surface area contributed by atoms with Crippen LogP contribution < -0.4 is 5.73 Å². The summed E-state index contributed by atoms with van der Waals surface area (Å²) in [5.74, 6) is 0.889. The van der Waals surface area contributed by atoms with Crippen molar-refractivity contribution in [3.8, 4) is 5.82 Å². The molecule has 0 bridgehead atoms. The lowest BCUT2D eigenvalue weighted by atomic mass is 10.2. The summed E-state index contributed by atoms with van der Waals surface area (Å²) in [6, 6.07) is 0. The van der Waals surface area contributed by atoms with E-state index in [1.807, 2.05) is 9.36 Å². The average molecular weight is 248 g/mol. The third-order valence-corrected chi connectivity index (χ3v) is 3.02. The number of nitrogen functional groups attached to an aromatic ring is 1. The first kappa shape index (κ1) is 12.6. The van der Waals surface area contributed by atoms with E-state index >= 15 is 0 Å². The fourth-order valence-corrected chi connectivity index (χ4v) is 2.09. The molecule has 0 saturated carbocycles. The summed E-state index contributed by atoms with van der Waals surface area (Å²) < 4.78 is 3.74. The van der Waals surface area contributed by atoms with Crippen LogP contribution in [0.15, 0.2) is 6.20 Å². The van der Waals surface area contributed by atoms with Crippen molar-refractivity contribution >= 4 is 5.69 Å². The smallest absolute Gasteiger partial charge is 0.172 e. The molecule has 0 spiro atoms. The minimum absolute atomic E-state index is 0.796. The molecule has 0 aliphatic rings. The fraction of sp³-hybridized carbons (Fsp3) is 0.583. The molecule has 2 rings (SSSR count). The number of hydrogen-bond donors (Lipinski definition) is 1. The lowest BCUT2D eigenvalue weighted by Crippen LogP contribution is -2.11. The highest BCUT2D eigenvalue weighted by Gasteiger charge is 2.16. The maximum absolute atomic E-state index is 6.12. The molecular weight excluding hydrogens is 228 g/mol. The predicted octanol–water partition coefficient (Wildman–Crippen LogP) is 1.58. The van der Waals surface area contributed by atoms with Crippen molar-refractivity contribution in [1.29, 1.82) is 0 Å². The fourth-order valence-electron chi connectivity index (χ4n) is 2.09. The monoisotopic (exact) mass is 248 g/mol. The van der Waals surface area contributed by atoms with E-state index in [1.54, 1.807) is 6.20 Å². The summed E-state index contributed by atoms with van der Waals surface area (Å²) in [6.45, 7) is 7.09. The molecule has 0 radical (unpaired) electrons. The number of aromatic nitrogens is 5. The van der Waals surface area contributed by atoms with Gasteiger partial charge in [0, 0.05) is 6.54 Å². The number of anilines is 1. The summed E-state index contributed by atoms with van der Waals surface area (Å²) >= 11 is 0. The van der Waals surface area contributed by atoms with Crippen LogP contribution in [0.2, 0.25) is 0 Å². The van der Waals surface area contributed by atoms with Gasteiger partial charge in [-0.3, -0.25) is 0 Å². The Hall–Kier alpha value is -1.85. The average Bonchev–Trinajstić information content (AvgIpc) is 2.93. The van der Waals surface area contributed by atoms with Crippen molar-refractivity contribution in [2.75, 3.05) is 5.73 Å². The molecule has 2 heterocycles. The largest absolute Gasteiger partial charge is 0.396 e. The quantitative estimate of drug-likeness (QED) is 0.871. The highest BCUT2D eigenvalue weighted by atomic mass is 15.5. The van der Waals surface area contributed by atoms with Gasteiger partial charge in [-0.15, -0.1) is 5.10 Å². The predicted molar refractivity (Wildman–Crippen MR) is 70.6 cm³/mol. The molecule has 18 heavy (non-hydrogen) atoms. The van der Waals surface area contributed by atoms with Gasteiger partial charge in [0.2, 0.25) is 0 Å². The van der Waals surface area contributed by atoms with E-state index in [9.17, 15) is 0 Å². The van der Waals surface area contributed by atoms with Crippen molar-refractivity contribution in [3.05, 3.63) is 17.6 Å². The number of nitrogens with two attached hydrogens (primary N) is 1. The van der Waals surface area contributed by atoms with Gasteiger partial charge in [-0.05, 0) is 19.3 Å². The van der Waals surface area contributed by atoms with Crippen LogP contribution in [0.4, 0.5) is 5.69 Å². The first-order chi connectivity index (χ1) is 8.72. The van der Waals surface area contributed by atoms with Crippen molar-refractivity contribution in [1.82, 2.24) is 24.8 Å². The first-order valence-electron chi connectivity index (χ1n) is 6.47. The van der Waals surface area contributed by atoms with Gasteiger partial charge in [-0.25, -0.2) is 9.36 Å².